The Morgan fingerprint density at radius 3 is 3.00 bits per heavy atom. The summed E-state index contributed by atoms with van der Waals surface area (Å²) in [6, 6.07) is 3.51. The Hall–Kier alpha value is -2.04. The minimum Gasteiger partial charge on any atom is -0.450 e. The molecule has 0 saturated carbocycles. The lowest BCUT2D eigenvalue weighted by Gasteiger charge is -2.06. The Morgan fingerprint density at radius 2 is 2.44 bits per heavy atom. The van der Waals surface area contributed by atoms with E-state index in [9.17, 15) is 4.79 Å². The van der Waals surface area contributed by atoms with Gasteiger partial charge in [0.05, 0.1) is 18.5 Å². The number of nitrogens with one attached hydrogen (secondary N) is 2. The van der Waals surface area contributed by atoms with Crippen molar-refractivity contribution < 1.29 is 9.53 Å². The summed E-state index contributed by atoms with van der Waals surface area (Å²) >= 11 is 0. The molecule has 1 amide bonds. The van der Waals surface area contributed by atoms with Crippen molar-refractivity contribution in [3.63, 3.8) is 0 Å². The molecule has 0 aliphatic carbocycles. The van der Waals surface area contributed by atoms with Crippen LogP contribution in [0.3, 0.4) is 0 Å². The van der Waals surface area contributed by atoms with Gasteiger partial charge in [-0.15, -0.1) is 6.58 Å². The molecule has 0 aliphatic rings. The van der Waals surface area contributed by atoms with Crippen molar-refractivity contribution >= 4 is 17.6 Å². The predicted octanol–water partition coefficient (Wildman–Crippen LogP) is 2.25. The van der Waals surface area contributed by atoms with Crippen LogP contribution in [0, 0.1) is 0 Å². The Balaban J connectivity index is 2.50. The number of pyridine rings is 1. The number of amides is 1. The third-order valence-corrected chi connectivity index (χ3v) is 1.71. The maximum Gasteiger partial charge on any atom is 0.411 e. The third kappa shape index (κ3) is 4.00. The highest BCUT2D eigenvalue weighted by Crippen LogP contribution is 2.09. The zero-order valence-corrected chi connectivity index (χ0v) is 9.19. The average Bonchev–Trinajstić information content (AvgIpc) is 2.28. The summed E-state index contributed by atoms with van der Waals surface area (Å²) in [6.45, 7) is 6.34. The highest BCUT2D eigenvalue weighted by atomic mass is 16.5. The SMILES string of the molecule is C=CCNc1ccc(NC(=O)OCC)cn1. The molecule has 0 spiro atoms. The first-order valence-electron chi connectivity index (χ1n) is 5.01. The van der Waals surface area contributed by atoms with Crippen LogP contribution in [0.15, 0.2) is 31.0 Å². The number of nitrogens with zero attached hydrogens (tertiary/aromatic N) is 1. The lowest BCUT2D eigenvalue weighted by atomic mass is 10.4. The lowest BCUT2D eigenvalue weighted by Crippen LogP contribution is -2.13. The maximum atomic E-state index is 11.1. The normalized spacial score (nSPS) is 9.31. The van der Waals surface area contributed by atoms with Gasteiger partial charge in [-0.2, -0.15) is 0 Å². The van der Waals surface area contributed by atoms with E-state index in [2.05, 4.69) is 22.2 Å². The molecule has 1 rings (SSSR count). The van der Waals surface area contributed by atoms with Gasteiger partial charge in [-0.25, -0.2) is 9.78 Å². The molecule has 1 heterocycles. The minimum absolute atomic E-state index is 0.345. The summed E-state index contributed by atoms with van der Waals surface area (Å²) < 4.78 is 4.73. The van der Waals surface area contributed by atoms with Gasteiger partial charge in [0.15, 0.2) is 0 Å². The van der Waals surface area contributed by atoms with E-state index < -0.39 is 6.09 Å². The lowest BCUT2D eigenvalue weighted by molar-refractivity contribution is 0.168. The highest BCUT2D eigenvalue weighted by molar-refractivity contribution is 5.84. The van der Waals surface area contributed by atoms with Gasteiger partial charge in [0.1, 0.15) is 5.82 Å². The maximum absolute atomic E-state index is 11.1. The smallest absolute Gasteiger partial charge is 0.411 e. The van der Waals surface area contributed by atoms with Gasteiger partial charge in [-0.3, -0.25) is 5.32 Å². The summed E-state index contributed by atoms with van der Waals surface area (Å²) in [6.07, 6.45) is 2.82. The summed E-state index contributed by atoms with van der Waals surface area (Å²) in [4.78, 5) is 15.2. The Bertz CT molecular complexity index is 349. The zero-order chi connectivity index (χ0) is 11.8. The van der Waals surface area contributed by atoms with Crippen LogP contribution in [0.1, 0.15) is 6.92 Å². The topological polar surface area (TPSA) is 63.2 Å². The molecule has 0 atom stereocenters. The van der Waals surface area contributed by atoms with Gasteiger partial charge in [0.2, 0.25) is 0 Å². The first-order chi connectivity index (χ1) is 7.76. The first-order valence-corrected chi connectivity index (χ1v) is 5.01. The predicted molar refractivity (Wildman–Crippen MR) is 63.6 cm³/mol. The number of anilines is 2. The number of rotatable bonds is 5. The Morgan fingerprint density at radius 1 is 1.62 bits per heavy atom. The quantitative estimate of drug-likeness (QED) is 0.748. The molecule has 0 aliphatic heterocycles. The standard InChI is InChI=1S/C11H15N3O2/c1-3-7-12-10-6-5-9(8-13-10)14-11(15)16-4-2/h3,5-6,8H,1,4,7H2,2H3,(H,12,13)(H,14,15). The number of hydrogen-bond donors (Lipinski definition) is 2. The fraction of sp³-hybridized carbons (Fsp3) is 0.273. The monoisotopic (exact) mass is 221 g/mol. The van der Waals surface area contributed by atoms with Crippen molar-refractivity contribution in [3.8, 4) is 0 Å². The first kappa shape index (κ1) is 12.0. The van der Waals surface area contributed by atoms with Crippen molar-refractivity contribution in [1.82, 2.24) is 4.98 Å². The Labute approximate surface area is 94.5 Å². The van der Waals surface area contributed by atoms with Crippen LogP contribution in [0.4, 0.5) is 16.3 Å². The second kappa shape index (κ2) is 6.44. The molecule has 0 aromatic carbocycles. The molecule has 1 aromatic rings. The van der Waals surface area contributed by atoms with Crippen LogP contribution < -0.4 is 10.6 Å². The summed E-state index contributed by atoms with van der Waals surface area (Å²) in [7, 11) is 0. The number of carbonyl (C=O) groups is 1. The molecule has 0 bridgehead atoms. The minimum atomic E-state index is -0.476. The molecule has 0 unspecified atom stereocenters. The largest absolute Gasteiger partial charge is 0.450 e. The van der Waals surface area contributed by atoms with E-state index in [1.54, 1.807) is 31.3 Å². The van der Waals surface area contributed by atoms with Crippen molar-refractivity contribution in [2.75, 3.05) is 23.8 Å². The molecule has 1 aromatic heterocycles. The summed E-state index contributed by atoms with van der Waals surface area (Å²) in [5, 5.41) is 5.58. The van der Waals surface area contributed by atoms with Crippen molar-refractivity contribution in [1.29, 1.82) is 0 Å². The van der Waals surface area contributed by atoms with Crippen LogP contribution in [-0.2, 0) is 4.74 Å². The number of hydrogen-bond acceptors (Lipinski definition) is 4. The molecule has 16 heavy (non-hydrogen) atoms. The third-order valence-electron chi connectivity index (χ3n) is 1.71. The van der Waals surface area contributed by atoms with Crippen LogP contribution >= 0.6 is 0 Å². The zero-order valence-electron chi connectivity index (χ0n) is 9.19. The van der Waals surface area contributed by atoms with Crippen LogP contribution in [0.2, 0.25) is 0 Å². The fourth-order valence-corrected chi connectivity index (χ4v) is 1.03. The molecule has 86 valence electrons. The van der Waals surface area contributed by atoms with E-state index in [1.807, 2.05) is 0 Å². The highest BCUT2D eigenvalue weighted by Gasteiger charge is 2.01. The number of aromatic nitrogens is 1. The molecule has 0 fully saturated rings. The van der Waals surface area contributed by atoms with Gasteiger partial charge < -0.3 is 10.1 Å². The number of carbonyl (C=O) groups excluding carboxylic acids is 1. The van der Waals surface area contributed by atoms with Crippen molar-refractivity contribution in [2.24, 2.45) is 0 Å². The second-order valence-electron chi connectivity index (χ2n) is 2.95. The average molecular weight is 221 g/mol. The molecule has 5 nitrogen and oxygen atoms in total. The van der Waals surface area contributed by atoms with E-state index in [0.717, 1.165) is 5.82 Å². The van der Waals surface area contributed by atoms with Crippen molar-refractivity contribution in [2.45, 2.75) is 6.92 Å². The van der Waals surface area contributed by atoms with Gasteiger partial charge >= 0.3 is 6.09 Å². The molecular formula is C11H15N3O2. The van der Waals surface area contributed by atoms with Crippen LogP contribution in [0.5, 0.6) is 0 Å². The number of ether oxygens (including phenoxy) is 1. The molecule has 0 saturated heterocycles. The van der Waals surface area contributed by atoms with Crippen LogP contribution in [0.25, 0.3) is 0 Å². The Kier molecular flexibility index (Phi) is 4.85. The van der Waals surface area contributed by atoms with E-state index in [0.29, 0.717) is 18.8 Å². The van der Waals surface area contributed by atoms with Gasteiger partial charge in [0.25, 0.3) is 0 Å². The van der Waals surface area contributed by atoms with Gasteiger partial charge in [-0.05, 0) is 19.1 Å². The molecule has 0 radical (unpaired) electrons. The van der Waals surface area contributed by atoms with Crippen LogP contribution in [-0.4, -0.2) is 24.2 Å². The fourth-order valence-electron chi connectivity index (χ4n) is 1.03. The van der Waals surface area contributed by atoms with Gasteiger partial charge in [0, 0.05) is 6.54 Å². The van der Waals surface area contributed by atoms with E-state index >= 15 is 0 Å². The summed E-state index contributed by atoms with van der Waals surface area (Å²) in [5.41, 5.74) is 0.600. The molecule has 2 N–H and O–H groups in total. The second-order valence-corrected chi connectivity index (χ2v) is 2.95. The van der Waals surface area contributed by atoms with E-state index in [-0.39, 0.29) is 0 Å². The van der Waals surface area contributed by atoms with E-state index in [1.165, 1.54) is 0 Å². The van der Waals surface area contributed by atoms with Crippen molar-refractivity contribution in [3.05, 3.63) is 31.0 Å². The van der Waals surface area contributed by atoms with E-state index in [4.69, 9.17) is 4.74 Å². The van der Waals surface area contributed by atoms with Gasteiger partial charge in [-0.1, -0.05) is 6.08 Å². The summed E-state index contributed by atoms with van der Waals surface area (Å²) in [5.74, 6) is 0.731. The molecule has 5 heteroatoms. The molecular weight excluding hydrogens is 206 g/mol.